The highest BCUT2D eigenvalue weighted by molar-refractivity contribution is 7.89. The molecule has 1 aromatic rings. The molecule has 0 heterocycles. The van der Waals surface area contributed by atoms with Gasteiger partial charge in [0.2, 0.25) is 15.9 Å². The second-order valence-electron chi connectivity index (χ2n) is 5.51. The zero-order valence-corrected chi connectivity index (χ0v) is 13.1. The van der Waals surface area contributed by atoms with E-state index in [1.54, 1.807) is 24.3 Å². The molecule has 0 radical (unpaired) electrons. The van der Waals surface area contributed by atoms with E-state index in [4.69, 9.17) is 0 Å². The Balaban J connectivity index is 2.00. The summed E-state index contributed by atoms with van der Waals surface area (Å²) in [5.74, 6) is -0.106. The van der Waals surface area contributed by atoms with Crippen molar-refractivity contribution in [3.63, 3.8) is 0 Å². The Bertz CT molecular complexity index is 575. The van der Waals surface area contributed by atoms with E-state index in [2.05, 4.69) is 10.0 Å². The molecule has 0 atom stereocenters. The van der Waals surface area contributed by atoms with Gasteiger partial charge in [-0.3, -0.25) is 4.79 Å². The molecule has 1 amide bonds. The summed E-state index contributed by atoms with van der Waals surface area (Å²) in [7, 11) is -3.45. The molecule has 1 aliphatic carbocycles. The molecule has 2 rings (SSSR count). The van der Waals surface area contributed by atoms with Crippen LogP contribution in [0.15, 0.2) is 29.2 Å². The van der Waals surface area contributed by atoms with E-state index in [-0.39, 0.29) is 16.8 Å². The van der Waals surface area contributed by atoms with Crippen LogP contribution in [-0.2, 0) is 21.4 Å². The standard InChI is InChI=1S/C15H22N2O3S/c1-12(18)16-11-13-7-9-15(10-8-13)21(19,20)17-14-5-3-2-4-6-14/h7-10,14,17H,2-6,11H2,1H3,(H,16,18). The first-order valence-electron chi connectivity index (χ1n) is 7.33. The molecule has 5 nitrogen and oxygen atoms in total. The lowest BCUT2D eigenvalue weighted by atomic mass is 9.96. The van der Waals surface area contributed by atoms with Crippen molar-refractivity contribution in [3.05, 3.63) is 29.8 Å². The van der Waals surface area contributed by atoms with Gasteiger partial charge >= 0.3 is 0 Å². The topological polar surface area (TPSA) is 75.3 Å². The SMILES string of the molecule is CC(=O)NCc1ccc(S(=O)(=O)NC2CCCCC2)cc1. The smallest absolute Gasteiger partial charge is 0.240 e. The minimum absolute atomic E-state index is 0.0582. The first-order chi connectivity index (χ1) is 9.97. The second kappa shape index (κ2) is 7.04. The molecular formula is C15H22N2O3S. The highest BCUT2D eigenvalue weighted by atomic mass is 32.2. The zero-order chi connectivity index (χ0) is 15.3. The summed E-state index contributed by atoms with van der Waals surface area (Å²) >= 11 is 0. The summed E-state index contributed by atoms with van der Waals surface area (Å²) in [5.41, 5.74) is 0.877. The molecule has 0 aromatic heterocycles. The molecule has 0 bridgehead atoms. The number of benzene rings is 1. The van der Waals surface area contributed by atoms with Gasteiger partial charge in [0.15, 0.2) is 0 Å². The van der Waals surface area contributed by atoms with Crippen LogP contribution in [0.2, 0.25) is 0 Å². The number of hydrogen-bond acceptors (Lipinski definition) is 3. The van der Waals surface area contributed by atoms with Gasteiger partial charge in [-0.25, -0.2) is 13.1 Å². The molecule has 0 spiro atoms. The summed E-state index contributed by atoms with van der Waals surface area (Å²) in [6.45, 7) is 1.86. The third-order valence-electron chi connectivity index (χ3n) is 3.70. The number of amides is 1. The van der Waals surface area contributed by atoms with Gasteiger partial charge in [-0.1, -0.05) is 31.4 Å². The van der Waals surface area contributed by atoms with Crippen LogP contribution >= 0.6 is 0 Å². The van der Waals surface area contributed by atoms with Crippen LogP contribution in [0.1, 0.15) is 44.6 Å². The van der Waals surface area contributed by atoms with Crippen LogP contribution in [0.25, 0.3) is 0 Å². The number of carbonyl (C=O) groups is 1. The quantitative estimate of drug-likeness (QED) is 0.872. The Kier molecular flexibility index (Phi) is 5.36. The highest BCUT2D eigenvalue weighted by Gasteiger charge is 2.21. The molecule has 0 saturated heterocycles. The molecule has 0 aliphatic heterocycles. The fraction of sp³-hybridized carbons (Fsp3) is 0.533. The fourth-order valence-corrected chi connectivity index (χ4v) is 3.83. The van der Waals surface area contributed by atoms with Crippen molar-refractivity contribution in [1.82, 2.24) is 10.0 Å². The van der Waals surface area contributed by atoms with Crippen molar-refractivity contribution in [3.8, 4) is 0 Å². The molecule has 2 N–H and O–H groups in total. The van der Waals surface area contributed by atoms with Gasteiger partial charge in [0.1, 0.15) is 0 Å². The van der Waals surface area contributed by atoms with Crippen molar-refractivity contribution < 1.29 is 13.2 Å². The van der Waals surface area contributed by atoms with E-state index in [9.17, 15) is 13.2 Å². The average molecular weight is 310 g/mol. The van der Waals surface area contributed by atoms with Crippen molar-refractivity contribution in [2.24, 2.45) is 0 Å². The molecule has 21 heavy (non-hydrogen) atoms. The van der Waals surface area contributed by atoms with Gasteiger partial charge in [0, 0.05) is 19.5 Å². The zero-order valence-electron chi connectivity index (χ0n) is 12.3. The number of hydrogen-bond donors (Lipinski definition) is 2. The van der Waals surface area contributed by atoms with Crippen molar-refractivity contribution in [2.75, 3.05) is 0 Å². The molecular weight excluding hydrogens is 288 g/mol. The van der Waals surface area contributed by atoms with Gasteiger partial charge < -0.3 is 5.32 Å². The molecule has 116 valence electrons. The van der Waals surface area contributed by atoms with Crippen molar-refractivity contribution in [2.45, 2.75) is 56.5 Å². The normalized spacial score (nSPS) is 16.6. The molecule has 1 aliphatic rings. The molecule has 1 aromatic carbocycles. The van der Waals surface area contributed by atoms with Gasteiger partial charge in [-0.05, 0) is 30.5 Å². The van der Waals surface area contributed by atoms with Gasteiger partial charge in [0.25, 0.3) is 0 Å². The predicted octanol–water partition coefficient (Wildman–Crippen LogP) is 1.93. The van der Waals surface area contributed by atoms with Gasteiger partial charge in [-0.2, -0.15) is 0 Å². The second-order valence-corrected chi connectivity index (χ2v) is 7.22. The van der Waals surface area contributed by atoms with Crippen LogP contribution in [0.5, 0.6) is 0 Å². The van der Waals surface area contributed by atoms with Crippen LogP contribution in [-0.4, -0.2) is 20.4 Å². The number of sulfonamides is 1. The molecule has 0 unspecified atom stereocenters. The molecule has 1 fully saturated rings. The first-order valence-corrected chi connectivity index (χ1v) is 8.81. The lowest BCUT2D eigenvalue weighted by Crippen LogP contribution is -2.36. The summed E-state index contributed by atoms with van der Waals surface area (Å²) in [6.07, 6.45) is 5.20. The van der Waals surface area contributed by atoms with Gasteiger partial charge in [0.05, 0.1) is 4.90 Å². The van der Waals surface area contributed by atoms with E-state index in [0.29, 0.717) is 6.54 Å². The minimum Gasteiger partial charge on any atom is -0.352 e. The third-order valence-corrected chi connectivity index (χ3v) is 5.24. The van der Waals surface area contributed by atoms with E-state index >= 15 is 0 Å². The predicted molar refractivity (Wildman–Crippen MR) is 81.2 cm³/mol. The molecule has 6 heteroatoms. The summed E-state index contributed by atoms with van der Waals surface area (Å²) in [6, 6.07) is 6.68. The number of nitrogens with one attached hydrogen (secondary N) is 2. The van der Waals surface area contributed by atoms with E-state index in [1.807, 2.05) is 0 Å². The monoisotopic (exact) mass is 310 g/mol. The Morgan fingerprint density at radius 3 is 2.33 bits per heavy atom. The van der Waals surface area contributed by atoms with E-state index in [1.165, 1.54) is 13.3 Å². The number of rotatable bonds is 5. The highest BCUT2D eigenvalue weighted by Crippen LogP contribution is 2.20. The minimum atomic E-state index is -3.45. The largest absolute Gasteiger partial charge is 0.352 e. The lowest BCUT2D eigenvalue weighted by molar-refractivity contribution is -0.119. The first kappa shape index (κ1) is 16.0. The Morgan fingerprint density at radius 1 is 1.14 bits per heavy atom. The van der Waals surface area contributed by atoms with Crippen LogP contribution in [0.4, 0.5) is 0 Å². The maximum Gasteiger partial charge on any atom is 0.240 e. The van der Waals surface area contributed by atoms with Crippen LogP contribution < -0.4 is 10.0 Å². The Labute approximate surface area is 126 Å². The van der Waals surface area contributed by atoms with Gasteiger partial charge in [-0.15, -0.1) is 0 Å². The third kappa shape index (κ3) is 4.82. The maximum absolute atomic E-state index is 12.3. The summed E-state index contributed by atoms with van der Waals surface area (Å²) in [5, 5.41) is 2.68. The Morgan fingerprint density at radius 2 is 1.76 bits per heavy atom. The van der Waals surface area contributed by atoms with Crippen LogP contribution in [0, 0.1) is 0 Å². The lowest BCUT2D eigenvalue weighted by Gasteiger charge is -2.22. The van der Waals surface area contributed by atoms with Crippen molar-refractivity contribution in [1.29, 1.82) is 0 Å². The molecule has 1 saturated carbocycles. The maximum atomic E-state index is 12.3. The summed E-state index contributed by atoms with van der Waals surface area (Å²) < 4.78 is 27.4. The summed E-state index contributed by atoms with van der Waals surface area (Å²) in [4.78, 5) is 11.1. The number of carbonyl (C=O) groups excluding carboxylic acids is 1. The fourth-order valence-electron chi connectivity index (χ4n) is 2.52. The average Bonchev–Trinajstić information content (AvgIpc) is 2.46. The van der Waals surface area contributed by atoms with E-state index < -0.39 is 10.0 Å². The Hall–Kier alpha value is -1.40. The van der Waals surface area contributed by atoms with Crippen molar-refractivity contribution >= 4 is 15.9 Å². The van der Waals surface area contributed by atoms with Crippen LogP contribution in [0.3, 0.4) is 0 Å². The van der Waals surface area contributed by atoms with E-state index in [0.717, 1.165) is 31.2 Å².